The van der Waals surface area contributed by atoms with E-state index in [1.807, 2.05) is 0 Å². The van der Waals surface area contributed by atoms with Crippen LogP contribution in [0.1, 0.15) is 15.9 Å². The fourth-order valence-electron chi connectivity index (χ4n) is 3.26. The van der Waals surface area contributed by atoms with Crippen molar-refractivity contribution in [1.29, 1.82) is 0 Å². The average molecular weight is 459 g/mol. The summed E-state index contributed by atoms with van der Waals surface area (Å²) in [6, 6.07) is 18.2. The van der Waals surface area contributed by atoms with Crippen molar-refractivity contribution in [3.8, 4) is 45.7 Å². The monoisotopic (exact) mass is 459 g/mol. The number of hydrogen-bond acceptors (Lipinski definition) is 9. The third-order valence-corrected chi connectivity index (χ3v) is 4.99. The molecule has 0 amide bonds. The lowest BCUT2D eigenvalue weighted by molar-refractivity contribution is -0.282. The van der Waals surface area contributed by atoms with Gasteiger partial charge in [-0.05, 0) is 42.0 Å². The highest BCUT2D eigenvalue weighted by Crippen LogP contribution is 2.33. The molecule has 3 aromatic carbocycles. The first-order valence-corrected chi connectivity index (χ1v) is 10.2. The van der Waals surface area contributed by atoms with E-state index in [4.69, 9.17) is 9.62 Å². The van der Waals surface area contributed by atoms with Gasteiger partial charge in [0.15, 0.2) is 17.5 Å². The van der Waals surface area contributed by atoms with Gasteiger partial charge in [0.05, 0.1) is 30.9 Å². The fraction of sp³-hybridized carbons (Fsp3) is 0.120. The number of phenols is 2. The number of carbonyl (C=O) groups excluding carboxylic acids is 1. The van der Waals surface area contributed by atoms with Gasteiger partial charge in [-0.3, -0.25) is 0 Å². The summed E-state index contributed by atoms with van der Waals surface area (Å²) in [4.78, 5) is 34.9. The number of hydrogen-bond donors (Lipinski definition) is 2. The topological polar surface area (TPSA) is 124 Å². The van der Waals surface area contributed by atoms with E-state index in [0.717, 1.165) is 0 Å². The molecule has 0 spiro atoms. The molecule has 0 unspecified atom stereocenters. The number of aromatic nitrogens is 3. The van der Waals surface area contributed by atoms with E-state index >= 15 is 0 Å². The number of phenolic OH excluding ortho intramolecular Hbond substituents is 2. The Balaban J connectivity index is 1.83. The zero-order valence-corrected chi connectivity index (χ0v) is 18.4. The summed E-state index contributed by atoms with van der Waals surface area (Å²) in [7, 11) is 2.71. The van der Waals surface area contributed by atoms with E-state index in [9.17, 15) is 15.0 Å². The second-order valence-corrected chi connectivity index (χ2v) is 7.17. The number of benzene rings is 3. The number of ether oxygens (including phenoxy) is 1. The summed E-state index contributed by atoms with van der Waals surface area (Å²) in [5.41, 5.74) is 2.46. The van der Waals surface area contributed by atoms with Crippen LogP contribution >= 0.6 is 0 Å². The van der Waals surface area contributed by atoms with Crippen LogP contribution in [0.4, 0.5) is 0 Å². The van der Waals surface area contributed by atoms with Crippen LogP contribution in [0.5, 0.6) is 11.5 Å². The van der Waals surface area contributed by atoms with Crippen LogP contribution in [0.25, 0.3) is 34.2 Å². The fourth-order valence-corrected chi connectivity index (χ4v) is 3.26. The summed E-state index contributed by atoms with van der Waals surface area (Å²) in [6.45, 7) is 0.155. The first-order valence-electron chi connectivity index (χ1n) is 10.2. The Bertz CT molecular complexity index is 1320. The third kappa shape index (κ3) is 4.85. The Morgan fingerprint density at radius 1 is 0.794 bits per heavy atom. The molecule has 4 aromatic rings. The molecule has 0 radical (unpaired) electrons. The Labute approximate surface area is 195 Å². The van der Waals surface area contributed by atoms with Crippen molar-refractivity contribution in [2.75, 3.05) is 14.2 Å². The summed E-state index contributed by atoms with van der Waals surface area (Å²) in [6.07, 6.45) is 0. The van der Waals surface area contributed by atoms with Crippen molar-refractivity contribution in [3.05, 3.63) is 77.9 Å². The smallest absolute Gasteiger partial charge is 0.337 e. The lowest BCUT2D eigenvalue weighted by atomic mass is 10.1. The van der Waals surface area contributed by atoms with Gasteiger partial charge >= 0.3 is 5.97 Å². The minimum atomic E-state index is -0.458. The van der Waals surface area contributed by atoms with E-state index in [1.54, 1.807) is 54.6 Å². The molecule has 4 rings (SSSR count). The first kappa shape index (κ1) is 22.8. The number of para-hydroxylation sites is 1. The zero-order valence-electron chi connectivity index (χ0n) is 18.4. The minimum absolute atomic E-state index is 0.00271. The molecule has 0 fully saturated rings. The second kappa shape index (κ2) is 10.1. The van der Waals surface area contributed by atoms with Gasteiger partial charge in [0.1, 0.15) is 18.1 Å². The number of carbonyl (C=O) groups is 1. The Morgan fingerprint density at radius 2 is 1.44 bits per heavy atom. The van der Waals surface area contributed by atoms with Crippen LogP contribution in [-0.4, -0.2) is 45.4 Å². The summed E-state index contributed by atoms with van der Waals surface area (Å²) in [5.74, 6) is 0.214. The highest BCUT2D eigenvalue weighted by molar-refractivity contribution is 5.89. The van der Waals surface area contributed by atoms with Crippen LogP contribution in [0.3, 0.4) is 0 Å². The van der Waals surface area contributed by atoms with Crippen LogP contribution in [-0.2, 0) is 21.1 Å². The SMILES string of the molecule is COOCc1ccc(-c2nc(-c3ccc(C(=O)OC)cc3)nc(-c3ccccc3O)n2)c(O)c1. The van der Waals surface area contributed by atoms with Gasteiger partial charge in [-0.2, -0.15) is 0 Å². The first-order chi connectivity index (χ1) is 16.5. The molecule has 2 N–H and O–H groups in total. The van der Waals surface area contributed by atoms with E-state index in [-0.39, 0.29) is 29.8 Å². The molecule has 0 aliphatic carbocycles. The minimum Gasteiger partial charge on any atom is -0.507 e. The zero-order chi connectivity index (χ0) is 24.1. The second-order valence-electron chi connectivity index (χ2n) is 7.17. The van der Waals surface area contributed by atoms with Crippen LogP contribution in [0.15, 0.2) is 66.7 Å². The Kier molecular flexibility index (Phi) is 6.77. The molecule has 0 saturated carbocycles. The number of methoxy groups -OCH3 is 1. The third-order valence-electron chi connectivity index (χ3n) is 4.99. The molecule has 0 aliphatic rings. The number of aromatic hydroxyl groups is 2. The van der Waals surface area contributed by atoms with Gasteiger partial charge in [0.2, 0.25) is 0 Å². The van der Waals surface area contributed by atoms with E-state index in [1.165, 1.54) is 26.4 Å². The number of nitrogens with zero attached hydrogens (tertiary/aromatic N) is 3. The normalized spacial score (nSPS) is 10.8. The van der Waals surface area contributed by atoms with E-state index in [2.05, 4.69) is 19.8 Å². The highest BCUT2D eigenvalue weighted by Gasteiger charge is 2.17. The molecule has 9 heteroatoms. The van der Waals surface area contributed by atoms with Crippen LogP contribution in [0.2, 0.25) is 0 Å². The maximum Gasteiger partial charge on any atom is 0.337 e. The lowest BCUT2D eigenvalue weighted by Gasteiger charge is -2.11. The van der Waals surface area contributed by atoms with E-state index < -0.39 is 5.97 Å². The largest absolute Gasteiger partial charge is 0.507 e. The van der Waals surface area contributed by atoms with Gasteiger partial charge in [-0.25, -0.2) is 29.5 Å². The molecule has 0 atom stereocenters. The molecular formula is C25H21N3O6. The molecule has 1 heterocycles. The molecule has 0 aliphatic heterocycles. The molecule has 9 nitrogen and oxygen atoms in total. The van der Waals surface area contributed by atoms with Crippen molar-refractivity contribution in [2.45, 2.75) is 6.61 Å². The molecule has 0 saturated heterocycles. The summed E-state index contributed by atoms with van der Waals surface area (Å²) < 4.78 is 4.74. The Hall–Kier alpha value is -4.34. The molecule has 34 heavy (non-hydrogen) atoms. The van der Waals surface area contributed by atoms with Crippen molar-refractivity contribution < 1.29 is 29.5 Å². The summed E-state index contributed by atoms with van der Waals surface area (Å²) >= 11 is 0. The maximum absolute atomic E-state index is 11.8. The predicted octanol–water partition coefficient (Wildman–Crippen LogP) is 4.15. The maximum atomic E-state index is 11.8. The Morgan fingerprint density at radius 3 is 2.06 bits per heavy atom. The lowest BCUT2D eigenvalue weighted by Crippen LogP contribution is -2.02. The molecule has 1 aromatic heterocycles. The predicted molar refractivity (Wildman–Crippen MR) is 123 cm³/mol. The highest BCUT2D eigenvalue weighted by atomic mass is 17.2. The van der Waals surface area contributed by atoms with E-state index in [0.29, 0.717) is 33.6 Å². The van der Waals surface area contributed by atoms with Gasteiger partial charge in [0, 0.05) is 5.56 Å². The molecule has 0 bridgehead atoms. The molecular weight excluding hydrogens is 438 g/mol. The number of esters is 1. The van der Waals surface area contributed by atoms with Gasteiger partial charge in [-0.15, -0.1) is 0 Å². The van der Waals surface area contributed by atoms with Gasteiger partial charge < -0.3 is 14.9 Å². The molecule has 172 valence electrons. The van der Waals surface area contributed by atoms with Crippen molar-refractivity contribution >= 4 is 5.97 Å². The average Bonchev–Trinajstić information content (AvgIpc) is 2.87. The van der Waals surface area contributed by atoms with Gasteiger partial charge in [0.25, 0.3) is 0 Å². The van der Waals surface area contributed by atoms with Crippen LogP contribution < -0.4 is 0 Å². The quantitative estimate of drug-likeness (QED) is 0.238. The van der Waals surface area contributed by atoms with Crippen molar-refractivity contribution in [2.24, 2.45) is 0 Å². The number of rotatable bonds is 7. The van der Waals surface area contributed by atoms with Gasteiger partial charge in [-0.1, -0.05) is 30.3 Å². The van der Waals surface area contributed by atoms with Crippen molar-refractivity contribution in [1.82, 2.24) is 15.0 Å². The van der Waals surface area contributed by atoms with Crippen LogP contribution in [0, 0.1) is 0 Å². The van der Waals surface area contributed by atoms with Crippen molar-refractivity contribution in [3.63, 3.8) is 0 Å². The standard InChI is InChI=1S/C25H21N3O6/c1-32-25(31)17-10-8-16(9-11-17)22-26-23(18-5-3-4-6-20(18)29)28-24(27-22)19-12-7-15(13-21(19)30)14-34-33-2/h3-13,29-30H,14H2,1-2H3. The summed E-state index contributed by atoms with van der Waals surface area (Å²) in [5, 5.41) is 21.0.